The Balaban J connectivity index is 1.68. The molecule has 0 fully saturated rings. The molecule has 0 saturated heterocycles. The van der Waals surface area contributed by atoms with Crippen molar-refractivity contribution >= 4 is 31.8 Å². The van der Waals surface area contributed by atoms with E-state index in [9.17, 15) is 4.79 Å². The van der Waals surface area contributed by atoms with Crippen LogP contribution in [0.3, 0.4) is 0 Å². The summed E-state index contributed by atoms with van der Waals surface area (Å²) in [6, 6.07) is 17.5. The third kappa shape index (κ3) is 2.92. The minimum absolute atomic E-state index is 0.164. The van der Waals surface area contributed by atoms with Crippen LogP contribution >= 0.6 is 11.3 Å². The number of aromatic nitrogens is 4. The van der Waals surface area contributed by atoms with Crippen molar-refractivity contribution in [1.82, 2.24) is 20.0 Å². The first kappa shape index (κ1) is 19.1. The molecule has 0 saturated carbocycles. The van der Waals surface area contributed by atoms with E-state index < -0.39 is 0 Å². The van der Waals surface area contributed by atoms with Gasteiger partial charge in [-0.25, -0.2) is 4.98 Å². The number of aryl methyl sites for hydroxylation is 1. The van der Waals surface area contributed by atoms with E-state index in [1.54, 1.807) is 7.11 Å². The van der Waals surface area contributed by atoms with Gasteiger partial charge in [0.25, 0.3) is 5.56 Å². The Hall–Kier alpha value is -3.58. The van der Waals surface area contributed by atoms with Crippen LogP contribution in [0.5, 0.6) is 5.75 Å². The third-order valence-electron chi connectivity index (χ3n) is 6.09. The molecular weight excluding hydrogens is 420 g/mol. The van der Waals surface area contributed by atoms with Gasteiger partial charge in [-0.3, -0.25) is 4.79 Å². The Morgan fingerprint density at radius 2 is 1.78 bits per heavy atom. The predicted octanol–water partition coefficient (Wildman–Crippen LogP) is 4.94. The van der Waals surface area contributed by atoms with Crippen LogP contribution in [0.25, 0.3) is 37.2 Å². The molecule has 6 nitrogen and oxygen atoms in total. The molecule has 0 atom stereocenters. The molecule has 1 aliphatic rings. The van der Waals surface area contributed by atoms with Gasteiger partial charge in [-0.05, 0) is 66.6 Å². The average Bonchev–Trinajstić information content (AvgIpc) is 3.22. The molecule has 0 aliphatic heterocycles. The number of pyridine rings is 1. The van der Waals surface area contributed by atoms with Crippen molar-refractivity contribution in [3.63, 3.8) is 0 Å². The number of rotatable bonds is 3. The Labute approximate surface area is 188 Å². The Kier molecular flexibility index (Phi) is 4.50. The van der Waals surface area contributed by atoms with Crippen molar-refractivity contribution < 1.29 is 4.74 Å². The maximum atomic E-state index is 13.4. The molecule has 32 heavy (non-hydrogen) atoms. The number of fused-ring (bicyclic) bond motifs is 4. The highest BCUT2D eigenvalue weighted by Crippen LogP contribution is 2.42. The summed E-state index contributed by atoms with van der Waals surface area (Å²) in [7, 11) is 1.67. The van der Waals surface area contributed by atoms with Gasteiger partial charge in [-0.1, -0.05) is 35.5 Å². The lowest BCUT2D eigenvalue weighted by atomic mass is 9.87. The van der Waals surface area contributed by atoms with Gasteiger partial charge in [0.05, 0.1) is 12.8 Å². The lowest BCUT2D eigenvalue weighted by Crippen LogP contribution is -2.21. The van der Waals surface area contributed by atoms with E-state index in [2.05, 4.69) is 22.4 Å². The monoisotopic (exact) mass is 440 g/mol. The number of ether oxygens (including phenoxy) is 1. The molecular formula is C25H20N4O2S. The summed E-state index contributed by atoms with van der Waals surface area (Å²) in [5.41, 5.74) is 5.79. The third-order valence-corrected chi connectivity index (χ3v) is 7.15. The molecule has 0 unspecified atom stereocenters. The molecule has 0 spiro atoms. The van der Waals surface area contributed by atoms with E-state index in [0.717, 1.165) is 58.5 Å². The van der Waals surface area contributed by atoms with Crippen LogP contribution in [0.2, 0.25) is 0 Å². The van der Waals surface area contributed by atoms with Crippen LogP contribution < -0.4 is 10.3 Å². The minimum atomic E-state index is -0.164. The standard InChI is InChI=1S/C25H20N4O2S/c1-31-17-13-11-15(12-14-17)20-18-9-5-6-10-19(18)26-24-21(20)22-23(32-24)25(30)29(28-27-22)16-7-3-2-4-8-16/h2-4,7-8,11-14H,5-6,9-10H2,1H3. The van der Waals surface area contributed by atoms with E-state index in [-0.39, 0.29) is 5.56 Å². The minimum Gasteiger partial charge on any atom is -0.497 e. The molecule has 3 heterocycles. The largest absolute Gasteiger partial charge is 0.497 e. The zero-order chi connectivity index (χ0) is 21.7. The molecule has 5 aromatic rings. The molecule has 3 aromatic heterocycles. The van der Waals surface area contributed by atoms with Crippen LogP contribution in [-0.4, -0.2) is 27.1 Å². The molecule has 7 heteroatoms. The molecule has 0 bridgehead atoms. The average molecular weight is 441 g/mol. The van der Waals surface area contributed by atoms with Gasteiger partial charge in [0, 0.05) is 11.1 Å². The highest BCUT2D eigenvalue weighted by molar-refractivity contribution is 7.25. The van der Waals surface area contributed by atoms with Crippen LogP contribution in [0.4, 0.5) is 0 Å². The molecule has 158 valence electrons. The van der Waals surface area contributed by atoms with E-state index in [0.29, 0.717) is 15.9 Å². The van der Waals surface area contributed by atoms with Gasteiger partial charge in [-0.2, -0.15) is 4.68 Å². The SMILES string of the molecule is COc1ccc(-c2c3c(nc4sc5c(=O)n(-c6ccccc6)nnc5c24)CCCC3)cc1. The highest BCUT2D eigenvalue weighted by Gasteiger charge is 2.24. The smallest absolute Gasteiger partial charge is 0.292 e. The lowest BCUT2D eigenvalue weighted by molar-refractivity contribution is 0.415. The first-order valence-electron chi connectivity index (χ1n) is 10.7. The maximum Gasteiger partial charge on any atom is 0.292 e. The Morgan fingerprint density at radius 3 is 2.56 bits per heavy atom. The fourth-order valence-electron chi connectivity index (χ4n) is 4.55. The fraction of sp³-hybridized carbons (Fsp3) is 0.200. The number of hydrogen-bond donors (Lipinski definition) is 0. The van der Waals surface area contributed by atoms with Gasteiger partial charge in [0.15, 0.2) is 0 Å². The number of para-hydroxylation sites is 1. The van der Waals surface area contributed by atoms with Crippen LogP contribution in [-0.2, 0) is 12.8 Å². The summed E-state index contributed by atoms with van der Waals surface area (Å²) in [6.45, 7) is 0. The van der Waals surface area contributed by atoms with E-state index >= 15 is 0 Å². The second kappa shape index (κ2) is 7.53. The van der Waals surface area contributed by atoms with E-state index in [1.807, 2.05) is 42.5 Å². The summed E-state index contributed by atoms with van der Waals surface area (Å²) in [5.74, 6) is 0.814. The summed E-state index contributed by atoms with van der Waals surface area (Å²) in [5, 5.41) is 9.75. The molecule has 2 aromatic carbocycles. The molecule has 0 amide bonds. The Morgan fingerprint density at radius 1 is 1.00 bits per heavy atom. The van der Waals surface area contributed by atoms with Gasteiger partial charge in [-0.15, -0.1) is 16.4 Å². The fourth-order valence-corrected chi connectivity index (χ4v) is 5.61. The summed E-state index contributed by atoms with van der Waals surface area (Å²) in [6.07, 6.45) is 4.21. The van der Waals surface area contributed by atoms with Crippen molar-refractivity contribution in [2.24, 2.45) is 0 Å². The first-order chi connectivity index (χ1) is 15.7. The van der Waals surface area contributed by atoms with Crippen molar-refractivity contribution in [2.45, 2.75) is 25.7 Å². The first-order valence-corrected chi connectivity index (χ1v) is 11.5. The topological polar surface area (TPSA) is 69.9 Å². The van der Waals surface area contributed by atoms with Crippen LogP contribution in [0, 0.1) is 0 Å². The van der Waals surface area contributed by atoms with E-state index in [1.165, 1.54) is 21.6 Å². The number of benzene rings is 2. The van der Waals surface area contributed by atoms with Crippen LogP contribution in [0.1, 0.15) is 24.1 Å². The molecule has 6 rings (SSSR count). The van der Waals surface area contributed by atoms with Gasteiger partial charge >= 0.3 is 0 Å². The normalized spacial score (nSPS) is 13.4. The number of thiophene rings is 1. The number of nitrogens with zero attached hydrogens (tertiary/aromatic N) is 4. The lowest BCUT2D eigenvalue weighted by Gasteiger charge is -2.20. The van der Waals surface area contributed by atoms with Crippen LogP contribution in [0.15, 0.2) is 59.4 Å². The predicted molar refractivity (Wildman–Crippen MR) is 127 cm³/mol. The van der Waals surface area contributed by atoms with Crippen molar-refractivity contribution in [2.75, 3.05) is 7.11 Å². The second-order valence-electron chi connectivity index (χ2n) is 7.95. The van der Waals surface area contributed by atoms with E-state index in [4.69, 9.17) is 9.72 Å². The second-order valence-corrected chi connectivity index (χ2v) is 8.95. The summed E-state index contributed by atoms with van der Waals surface area (Å²) < 4.78 is 7.31. The van der Waals surface area contributed by atoms with Gasteiger partial charge in [0.1, 0.15) is 20.8 Å². The van der Waals surface area contributed by atoms with Crippen molar-refractivity contribution in [3.05, 3.63) is 76.2 Å². The molecule has 0 radical (unpaired) electrons. The van der Waals surface area contributed by atoms with Crippen molar-refractivity contribution in [1.29, 1.82) is 0 Å². The summed E-state index contributed by atoms with van der Waals surface area (Å²) >= 11 is 1.41. The van der Waals surface area contributed by atoms with Crippen molar-refractivity contribution in [3.8, 4) is 22.6 Å². The zero-order valence-corrected chi connectivity index (χ0v) is 18.4. The number of hydrogen-bond acceptors (Lipinski definition) is 6. The zero-order valence-electron chi connectivity index (χ0n) is 17.5. The summed E-state index contributed by atoms with van der Waals surface area (Å²) in [4.78, 5) is 19.2. The maximum absolute atomic E-state index is 13.4. The van der Waals surface area contributed by atoms with Gasteiger partial charge in [0.2, 0.25) is 0 Å². The molecule has 0 N–H and O–H groups in total. The quantitative estimate of drug-likeness (QED) is 0.397. The van der Waals surface area contributed by atoms with Gasteiger partial charge < -0.3 is 4.74 Å². The highest BCUT2D eigenvalue weighted by atomic mass is 32.1. The Bertz CT molecular complexity index is 1520. The molecule has 1 aliphatic carbocycles. The number of methoxy groups -OCH3 is 1.